The van der Waals surface area contributed by atoms with E-state index in [1.165, 1.54) is 181 Å². The van der Waals surface area contributed by atoms with Crippen LogP contribution in [0.3, 0.4) is 0 Å². The van der Waals surface area contributed by atoms with Crippen LogP contribution in [0.4, 0.5) is 11.4 Å². The van der Waals surface area contributed by atoms with E-state index < -0.39 is 0 Å². The summed E-state index contributed by atoms with van der Waals surface area (Å²) in [6, 6.07) is 36.2. The first-order valence-corrected chi connectivity index (χ1v) is 22.0. The number of benzene rings is 4. The van der Waals surface area contributed by atoms with E-state index in [1.54, 1.807) is 0 Å². The van der Waals surface area contributed by atoms with Crippen LogP contribution >= 0.6 is 0 Å². The van der Waals surface area contributed by atoms with Crippen molar-refractivity contribution >= 4 is 11.4 Å². The van der Waals surface area contributed by atoms with Crippen LogP contribution in [0.25, 0.3) is 0 Å². The smallest absolute Gasteiger partial charge is 0.0314 e. The third-order valence-corrected chi connectivity index (χ3v) is 11.6. The summed E-state index contributed by atoms with van der Waals surface area (Å²) in [4.78, 5) is 0. The van der Waals surface area contributed by atoms with Crippen LogP contribution in [0.2, 0.25) is 0 Å². The van der Waals surface area contributed by atoms with Gasteiger partial charge >= 0.3 is 0 Å². The Bertz CT molecular complexity index is 1350. The summed E-state index contributed by atoms with van der Waals surface area (Å²) < 4.78 is 0. The van der Waals surface area contributed by atoms with Crippen LogP contribution in [0.1, 0.15) is 194 Å². The van der Waals surface area contributed by atoms with Crippen molar-refractivity contribution in [2.75, 3.05) is 11.5 Å². The lowest BCUT2D eigenvalue weighted by atomic mass is 9.86. The molecular weight excluding hydrogens is 641 g/mol. The van der Waals surface area contributed by atoms with E-state index in [0.717, 1.165) is 11.4 Å². The number of hydrogen-bond donors (Lipinski definition) is 2. The second kappa shape index (κ2) is 25.5. The Balaban J connectivity index is 0.992. The number of nitrogens with two attached hydrogens (primary N) is 2. The average Bonchev–Trinajstić information content (AvgIpc) is 3.18. The van der Waals surface area contributed by atoms with Gasteiger partial charge in [0.1, 0.15) is 0 Å². The molecule has 0 amide bonds. The van der Waals surface area contributed by atoms with Crippen LogP contribution in [0.5, 0.6) is 0 Å². The third kappa shape index (κ3) is 16.2. The maximum Gasteiger partial charge on any atom is 0.0314 e. The van der Waals surface area contributed by atoms with Crippen LogP contribution in [0, 0.1) is 0 Å². The summed E-state index contributed by atoms with van der Waals surface area (Å²) in [6.07, 6.45) is 30.5. The SMILES string of the molecule is CCCCCC(c1ccc(N)cc1)c1ccc(CCCCCCCCCCCCCCCc2ccc(C(CCCCC)c3ccc(N)cc3)cc2)cc1. The van der Waals surface area contributed by atoms with Gasteiger partial charge in [-0.25, -0.2) is 0 Å². The van der Waals surface area contributed by atoms with E-state index in [-0.39, 0.29) is 0 Å². The molecule has 4 aromatic rings. The van der Waals surface area contributed by atoms with Gasteiger partial charge < -0.3 is 11.5 Å². The Labute approximate surface area is 325 Å². The first-order chi connectivity index (χ1) is 26.1. The lowest BCUT2D eigenvalue weighted by Gasteiger charge is -2.19. The number of hydrogen-bond acceptors (Lipinski definition) is 2. The van der Waals surface area contributed by atoms with Crippen LogP contribution in [-0.4, -0.2) is 0 Å². The van der Waals surface area contributed by atoms with Crippen molar-refractivity contribution in [1.29, 1.82) is 0 Å². The Kier molecular flexibility index (Phi) is 20.3. The van der Waals surface area contributed by atoms with E-state index in [4.69, 9.17) is 11.5 Å². The van der Waals surface area contributed by atoms with Crippen LogP contribution < -0.4 is 11.5 Å². The molecule has 0 heterocycles. The van der Waals surface area contributed by atoms with Crippen molar-refractivity contribution < 1.29 is 0 Å². The molecule has 0 aromatic heterocycles. The summed E-state index contributed by atoms with van der Waals surface area (Å²) in [5.74, 6) is 0.939. The zero-order valence-electron chi connectivity index (χ0n) is 33.8. The number of unbranched alkanes of at least 4 members (excludes halogenated alkanes) is 16. The molecule has 0 bridgehead atoms. The number of nitrogen functional groups attached to an aromatic ring is 2. The van der Waals surface area contributed by atoms with Crippen molar-refractivity contribution in [3.63, 3.8) is 0 Å². The quantitative estimate of drug-likeness (QED) is 0.0454. The summed E-state index contributed by atoms with van der Waals surface area (Å²) in [6.45, 7) is 4.57. The highest BCUT2D eigenvalue weighted by Gasteiger charge is 2.15. The lowest BCUT2D eigenvalue weighted by Crippen LogP contribution is -2.02. The van der Waals surface area contributed by atoms with Crippen molar-refractivity contribution in [3.05, 3.63) is 130 Å². The Morgan fingerprint density at radius 1 is 0.321 bits per heavy atom. The van der Waals surface area contributed by atoms with Crippen molar-refractivity contribution in [3.8, 4) is 0 Å². The van der Waals surface area contributed by atoms with E-state index in [0.29, 0.717) is 11.8 Å². The molecule has 0 saturated carbocycles. The lowest BCUT2D eigenvalue weighted by molar-refractivity contribution is 0.536. The predicted octanol–water partition coefficient (Wildman–Crippen LogP) is 15.1. The standard InChI is InChI=1S/C51H74N2/c1-3-5-18-24-50(46-34-38-48(52)39-35-46)44-30-26-42(27-31-44)22-20-16-14-12-10-8-7-9-11-13-15-17-21-23-43-28-32-45(33-29-43)51(25-19-6-4-2)47-36-40-49(53)41-37-47/h26-41,50-51H,3-25,52-53H2,1-2H3. The molecule has 0 aliphatic rings. The third-order valence-electron chi connectivity index (χ3n) is 11.6. The number of aryl methyl sites for hydroxylation is 2. The fraction of sp³-hybridized carbons (Fsp3) is 0.529. The molecule has 2 atom stereocenters. The normalized spacial score (nSPS) is 12.6. The summed E-state index contributed by atoms with van der Waals surface area (Å²) in [5, 5.41) is 0. The Morgan fingerprint density at radius 2 is 0.585 bits per heavy atom. The summed E-state index contributed by atoms with van der Waals surface area (Å²) >= 11 is 0. The largest absolute Gasteiger partial charge is 0.399 e. The highest BCUT2D eigenvalue weighted by molar-refractivity contribution is 5.44. The predicted molar refractivity (Wildman–Crippen MR) is 234 cm³/mol. The van der Waals surface area contributed by atoms with E-state index >= 15 is 0 Å². The summed E-state index contributed by atoms with van der Waals surface area (Å²) in [5.41, 5.74) is 22.3. The fourth-order valence-corrected chi connectivity index (χ4v) is 8.14. The van der Waals surface area contributed by atoms with Gasteiger partial charge in [-0.1, -0.05) is 196 Å². The first-order valence-electron chi connectivity index (χ1n) is 22.0. The second-order valence-corrected chi connectivity index (χ2v) is 16.0. The minimum absolute atomic E-state index is 0.469. The van der Waals surface area contributed by atoms with Gasteiger partial charge in [0.15, 0.2) is 0 Å². The zero-order chi connectivity index (χ0) is 37.4. The molecule has 4 rings (SSSR count). The van der Waals surface area contributed by atoms with Gasteiger partial charge in [-0.2, -0.15) is 0 Å². The highest BCUT2D eigenvalue weighted by atomic mass is 14.5. The van der Waals surface area contributed by atoms with Gasteiger partial charge in [0.25, 0.3) is 0 Å². The van der Waals surface area contributed by atoms with E-state index in [2.05, 4.69) is 111 Å². The van der Waals surface area contributed by atoms with Gasteiger partial charge in [-0.3, -0.25) is 0 Å². The minimum Gasteiger partial charge on any atom is -0.399 e. The Hall–Kier alpha value is -3.52. The van der Waals surface area contributed by atoms with Gasteiger partial charge in [-0.15, -0.1) is 0 Å². The molecule has 2 heteroatoms. The molecule has 0 saturated heterocycles. The molecule has 0 aliphatic carbocycles. The summed E-state index contributed by atoms with van der Waals surface area (Å²) in [7, 11) is 0. The van der Waals surface area contributed by atoms with Crippen LogP contribution in [0.15, 0.2) is 97.1 Å². The number of anilines is 2. The molecule has 0 spiro atoms. The molecular formula is C51H74N2. The van der Waals surface area contributed by atoms with E-state index in [9.17, 15) is 0 Å². The maximum absolute atomic E-state index is 5.97. The van der Waals surface area contributed by atoms with Gasteiger partial charge in [0, 0.05) is 23.2 Å². The molecule has 4 aromatic carbocycles. The minimum atomic E-state index is 0.469. The molecule has 4 N–H and O–H groups in total. The monoisotopic (exact) mass is 715 g/mol. The van der Waals surface area contributed by atoms with Gasteiger partial charge in [-0.05, 0) is 96.2 Å². The zero-order valence-corrected chi connectivity index (χ0v) is 33.8. The molecule has 53 heavy (non-hydrogen) atoms. The topological polar surface area (TPSA) is 52.0 Å². The van der Waals surface area contributed by atoms with Gasteiger partial charge in [0.05, 0.1) is 0 Å². The van der Waals surface area contributed by atoms with Crippen LogP contribution in [-0.2, 0) is 12.8 Å². The second-order valence-electron chi connectivity index (χ2n) is 16.0. The fourth-order valence-electron chi connectivity index (χ4n) is 8.14. The van der Waals surface area contributed by atoms with Gasteiger partial charge in [0.2, 0.25) is 0 Å². The molecule has 0 radical (unpaired) electrons. The average molecular weight is 715 g/mol. The molecule has 288 valence electrons. The van der Waals surface area contributed by atoms with E-state index in [1.807, 2.05) is 0 Å². The maximum atomic E-state index is 5.97. The first kappa shape index (κ1) is 42.2. The highest BCUT2D eigenvalue weighted by Crippen LogP contribution is 2.32. The number of rotatable bonds is 28. The molecule has 0 fully saturated rings. The van der Waals surface area contributed by atoms with Crippen molar-refractivity contribution in [2.24, 2.45) is 0 Å². The molecule has 0 aliphatic heterocycles. The van der Waals surface area contributed by atoms with Crippen molar-refractivity contribution in [2.45, 2.75) is 173 Å². The Morgan fingerprint density at radius 3 is 0.868 bits per heavy atom. The molecule has 2 nitrogen and oxygen atoms in total. The molecule has 2 unspecified atom stereocenters. The van der Waals surface area contributed by atoms with Crippen molar-refractivity contribution in [1.82, 2.24) is 0 Å².